The number of aliphatic hydroxyl groups is 5. The number of hydrogen-bond donors (Lipinski definition) is 9. The maximum Gasteiger partial charge on any atom is 0.473 e. The molecule has 2 aromatic carbocycles. The molecule has 2 aliphatic rings. The van der Waals surface area contributed by atoms with E-state index in [1.165, 1.54) is 62.1 Å². The van der Waals surface area contributed by atoms with Gasteiger partial charge in [-0.05, 0) is 74.2 Å². The number of phosphoric ester groups is 1. The van der Waals surface area contributed by atoms with E-state index in [1.54, 1.807) is 92.2 Å². The van der Waals surface area contributed by atoms with E-state index in [-0.39, 0.29) is 48.7 Å². The number of nitriles is 2. The number of benzene rings is 2. The molecular formula is C62H90ClN14O20P3. The average molecular weight is 1480 g/mol. The number of nitrogens with two attached hydrogens (primary N) is 2. The summed E-state index contributed by atoms with van der Waals surface area (Å²) in [4.78, 5) is 36.1. The van der Waals surface area contributed by atoms with Crippen molar-refractivity contribution in [2.24, 2.45) is 18.9 Å². The van der Waals surface area contributed by atoms with Gasteiger partial charge in [-0.3, -0.25) is 27.7 Å². The molecule has 34 nitrogen and oxygen atoms in total. The normalized spacial score (nSPS) is 21.8. The molecule has 2 unspecified atom stereocenters. The number of aromatic nitrogens is 8. The Balaban J connectivity index is 0.000000307. The minimum absolute atomic E-state index is 0. The lowest BCUT2D eigenvalue weighted by molar-refractivity contribution is -0.147. The highest BCUT2D eigenvalue weighted by molar-refractivity contribution is 7.84. The summed E-state index contributed by atoms with van der Waals surface area (Å²) in [5.41, 5.74) is 8.80. The van der Waals surface area contributed by atoms with E-state index in [4.69, 9.17) is 55.2 Å². The van der Waals surface area contributed by atoms with Gasteiger partial charge in [0.1, 0.15) is 96.0 Å². The van der Waals surface area contributed by atoms with Crippen LogP contribution in [0.2, 0.25) is 0 Å². The zero-order valence-corrected chi connectivity index (χ0v) is 59.5. The zero-order chi connectivity index (χ0) is 73.3. The lowest BCUT2D eigenvalue weighted by Gasteiger charge is -2.25. The molecule has 0 amide bonds. The van der Waals surface area contributed by atoms with Crippen LogP contribution in [0.3, 0.4) is 0 Å². The van der Waals surface area contributed by atoms with Gasteiger partial charge < -0.3 is 69.6 Å². The van der Waals surface area contributed by atoms with Crippen LogP contribution >= 0.6 is 33.7 Å². The molecule has 11 N–H and O–H groups in total. The summed E-state index contributed by atoms with van der Waals surface area (Å²) in [5, 5.41) is 83.9. The smallest absolute Gasteiger partial charge is 0.464 e. The first-order chi connectivity index (χ1) is 47.1. The fourth-order valence-electron chi connectivity index (χ4n) is 9.46. The quantitative estimate of drug-likeness (QED) is 0.0186. The molecule has 0 saturated carbocycles. The molecule has 100 heavy (non-hydrogen) atoms. The summed E-state index contributed by atoms with van der Waals surface area (Å²) in [7, 11) is -1.77. The van der Waals surface area contributed by atoms with Crippen molar-refractivity contribution < 1.29 is 94.9 Å². The molecule has 38 heteroatoms. The number of halogens is 1. The van der Waals surface area contributed by atoms with Crippen molar-refractivity contribution in [1.82, 2.24) is 48.9 Å². The Morgan fingerprint density at radius 2 is 1.10 bits per heavy atom. The van der Waals surface area contributed by atoms with E-state index >= 15 is 0 Å². The predicted molar refractivity (Wildman–Crippen MR) is 365 cm³/mol. The third-order valence-electron chi connectivity index (χ3n) is 15.4. The Morgan fingerprint density at radius 3 is 1.46 bits per heavy atom. The minimum Gasteiger partial charge on any atom is -0.464 e. The van der Waals surface area contributed by atoms with E-state index in [0.717, 1.165) is 25.7 Å². The van der Waals surface area contributed by atoms with Crippen LogP contribution in [0.25, 0.3) is 11.0 Å². The van der Waals surface area contributed by atoms with E-state index in [2.05, 4.69) is 48.9 Å². The number of anilines is 2. The minimum atomic E-state index is -4.32. The van der Waals surface area contributed by atoms with Crippen molar-refractivity contribution in [3.05, 3.63) is 128 Å². The fraction of sp³-hybridized carbons (Fsp3) is 0.500. The van der Waals surface area contributed by atoms with Crippen LogP contribution in [0.1, 0.15) is 86.0 Å². The lowest BCUT2D eigenvalue weighted by atomic mass is 9.92. The second-order valence-corrected chi connectivity index (χ2v) is 28.4. The Hall–Kier alpha value is -7.53. The van der Waals surface area contributed by atoms with Crippen LogP contribution in [0.5, 0.6) is 11.5 Å². The van der Waals surface area contributed by atoms with Crippen LogP contribution in [0, 0.1) is 34.5 Å². The number of phosphoric acid groups is 1. The van der Waals surface area contributed by atoms with Crippen LogP contribution < -0.4 is 30.7 Å². The van der Waals surface area contributed by atoms with Gasteiger partial charge in [0.05, 0.1) is 44.1 Å². The van der Waals surface area contributed by atoms with Crippen LogP contribution in [-0.4, -0.2) is 173 Å². The number of aliphatic hydroxyl groups excluding tert-OH is 5. The summed E-state index contributed by atoms with van der Waals surface area (Å²) < 4.78 is 92.7. The first kappa shape index (κ1) is 84.9. The Morgan fingerprint density at radius 1 is 0.680 bits per heavy atom. The van der Waals surface area contributed by atoms with Crippen LogP contribution in [0.15, 0.2) is 116 Å². The molecule has 0 radical (unpaired) electrons. The third kappa shape index (κ3) is 22.2. The van der Waals surface area contributed by atoms with Gasteiger partial charge in [0.2, 0.25) is 11.2 Å². The maximum absolute atomic E-state index is 13.9. The summed E-state index contributed by atoms with van der Waals surface area (Å²) in [6, 6.07) is 24.7. The van der Waals surface area contributed by atoms with Gasteiger partial charge >= 0.3 is 34.4 Å². The highest BCUT2D eigenvalue weighted by Crippen LogP contribution is 2.50. The molecule has 550 valence electrons. The topological polar surface area (TPSA) is 481 Å². The number of esters is 2. The van der Waals surface area contributed by atoms with E-state index in [9.17, 15) is 59.3 Å². The number of ether oxygens (including phenoxy) is 4. The van der Waals surface area contributed by atoms with Crippen molar-refractivity contribution in [3.8, 4) is 23.6 Å². The van der Waals surface area contributed by atoms with Gasteiger partial charge in [-0.1, -0.05) is 97.2 Å². The van der Waals surface area contributed by atoms with E-state index < -0.39 is 108 Å². The second-order valence-electron chi connectivity index (χ2n) is 22.0. The highest BCUT2D eigenvalue weighted by Gasteiger charge is 2.59. The number of nitrogens with one attached hydrogen (secondary N) is 2. The highest BCUT2D eigenvalue weighted by atomic mass is 35.7. The van der Waals surface area contributed by atoms with Crippen molar-refractivity contribution in [1.29, 1.82) is 10.5 Å². The van der Waals surface area contributed by atoms with Gasteiger partial charge in [0.15, 0.2) is 11.6 Å². The molecule has 7 aromatic rings. The van der Waals surface area contributed by atoms with Crippen molar-refractivity contribution in [2.75, 3.05) is 59.2 Å². The van der Waals surface area contributed by atoms with Crippen molar-refractivity contribution in [2.45, 2.75) is 135 Å². The monoisotopic (exact) mass is 1480 g/mol. The molecule has 2 aliphatic heterocycles. The molecular weight excluding hydrogens is 1390 g/mol. The van der Waals surface area contributed by atoms with Gasteiger partial charge in [-0.25, -0.2) is 42.8 Å². The summed E-state index contributed by atoms with van der Waals surface area (Å²) in [6.45, 7) is 6.87. The number of para-hydroxylation sites is 2. The number of imidazole rings is 1. The Kier molecular flexibility index (Phi) is 33.6. The lowest BCUT2D eigenvalue weighted by Crippen LogP contribution is -2.41. The molecule has 0 bridgehead atoms. The van der Waals surface area contributed by atoms with Gasteiger partial charge in [-0.15, -0.1) is 0 Å². The van der Waals surface area contributed by atoms with Crippen LogP contribution in [0.4, 0.5) is 11.6 Å². The number of carbonyl (C=O) groups excluding carboxylic acids is 2. The van der Waals surface area contributed by atoms with Crippen molar-refractivity contribution in [3.63, 3.8) is 0 Å². The van der Waals surface area contributed by atoms with Gasteiger partial charge in [-0.2, -0.15) is 25.8 Å². The number of nitrogen functional groups attached to an aromatic ring is 2. The molecule has 5 aromatic heterocycles. The first-order valence-electron chi connectivity index (χ1n) is 30.9. The number of nitrogens with zero attached hydrogens (tertiary/aromatic N) is 10. The van der Waals surface area contributed by atoms with E-state index in [0.29, 0.717) is 29.3 Å². The summed E-state index contributed by atoms with van der Waals surface area (Å²) >= 11 is 5.84. The number of carbonyl (C=O) groups is 2. The standard InChI is InChI=1S/C27H35N6O8P.C15H23ClNO4P.C12H13N5O4.C4H6N2.C3H9O4P.CH4/c1-4-18(5-2)13-38-26(36)17(3)32-42(37,41-19-9-7-6-8-10-19)39-14-21-23(34)24(35)27(15-28,40-21)22-12-11-20-25(29)30-16-31-33(20)22;1-4-13(5-2)11-20-15(18)12(3)17-22(16,19)21-14-9-7-6-8-10-14;13-4-12(10(20)9(19)7(3-18)21-12)8-2-1-6-11(14)15-5-16-17(6)8;1-6-3-2-5-4-6;1-5-8(4,6-2)7-3;/h6-12,16-18,21,23-24,34-35H,4-5,13-14H2,1-3H3,(H,32,37)(H2,29,30,31);6-10,12-13H,4-5,11H2,1-3H3,(H,17,19);1-2,5,7,9-10,18-20H,3H2,(H2,14,15,16);2-4H,1H3;1-3H3;1H4/t17-,21+,23+,24+,27-,42?;12-,22?;7-,9-,10-,12+;;;/m001.../s1. The predicted octanol–water partition coefficient (Wildman–Crippen LogP) is 6.92. The first-order valence-corrected chi connectivity index (χ1v) is 36.4. The molecule has 9 rings (SSSR count). The Labute approximate surface area is 584 Å². The zero-order valence-electron chi connectivity index (χ0n) is 56.1. The second kappa shape index (κ2) is 39.6. The Bertz CT molecular complexity index is 3870. The molecule has 2 fully saturated rings. The molecule has 12 atom stereocenters. The third-order valence-corrected chi connectivity index (χ3v) is 20.1. The molecule has 0 aliphatic carbocycles. The number of rotatable bonds is 27. The number of aryl methyl sites for hydroxylation is 1. The maximum atomic E-state index is 13.9. The number of hydrogen-bond acceptors (Lipinski definition) is 29. The summed E-state index contributed by atoms with van der Waals surface area (Å²) in [6.07, 6.45) is 2.62. The van der Waals surface area contributed by atoms with Crippen molar-refractivity contribution >= 4 is 68.3 Å². The SMILES string of the molecule is C.CCC(CC)COC(=O)[C@H](C)NP(=O)(Cl)Oc1ccccc1.CCC(CC)COC(=O)[C@H](C)NP(=O)(OC[C@H]1O[C@@](C#N)(c2ccc3c(N)ncnn23)[C@H](O)[C@@H]1O)Oc1ccccc1.COP(=O)(OC)OC.Cn1ccnc1.N#C[C@@]1(c2ccc3c(N)ncnn23)O[C@H](CO)[C@@H](O)[C@H]1O. The molecule has 2 saturated heterocycles. The number of fused-ring (bicyclic) bond motifs is 2. The molecule has 7 heterocycles. The molecule has 0 spiro atoms. The fourth-order valence-corrected chi connectivity index (χ4v) is 13.1. The average Bonchev–Trinajstić information content (AvgIpc) is 1.59. The summed E-state index contributed by atoms with van der Waals surface area (Å²) in [5.74, 6) is 0.265. The largest absolute Gasteiger partial charge is 0.473 e. The van der Waals surface area contributed by atoms with Gasteiger partial charge in [0.25, 0.3) is 0 Å². The van der Waals surface area contributed by atoms with Gasteiger partial charge in [0, 0.05) is 52.0 Å². The van der Waals surface area contributed by atoms with E-state index in [1.807, 2.05) is 57.6 Å². The van der Waals surface area contributed by atoms with Crippen LogP contribution in [-0.2, 0) is 78.6 Å².